The van der Waals surface area contributed by atoms with Crippen molar-refractivity contribution in [1.29, 1.82) is 0 Å². The zero-order valence-corrected chi connectivity index (χ0v) is 18.8. The summed E-state index contributed by atoms with van der Waals surface area (Å²) in [4.78, 5) is 32.9. The average molecular weight is 426 g/mol. The molecule has 31 heavy (non-hydrogen) atoms. The van der Waals surface area contributed by atoms with Gasteiger partial charge in [-0.05, 0) is 43.6 Å². The summed E-state index contributed by atoms with van der Waals surface area (Å²) in [6.07, 6.45) is 8.73. The van der Waals surface area contributed by atoms with Crippen molar-refractivity contribution < 1.29 is 9.59 Å². The molecular formula is C24H35N5O2. The Morgan fingerprint density at radius 2 is 2.00 bits per heavy atom. The van der Waals surface area contributed by atoms with E-state index in [4.69, 9.17) is 0 Å². The number of nitrogens with one attached hydrogen (secondary N) is 1. The van der Waals surface area contributed by atoms with Crippen molar-refractivity contribution in [2.24, 2.45) is 17.8 Å². The van der Waals surface area contributed by atoms with Gasteiger partial charge in [0.05, 0.1) is 5.69 Å². The van der Waals surface area contributed by atoms with Crippen LogP contribution in [0.1, 0.15) is 50.9 Å². The van der Waals surface area contributed by atoms with E-state index in [2.05, 4.69) is 47.2 Å². The summed E-state index contributed by atoms with van der Waals surface area (Å²) in [6.45, 7) is 8.47. The lowest BCUT2D eigenvalue weighted by atomic mass is 9.71. The van der Waals surface area contributed by atoms with Gasteiger partial charge in [0.25, 0.3) is 0 Å². The molecule has 3 fully saturated rings. The van der Waals surface area contributed by atoms with E-state index in [0.29, 0.717) is 31.3 Å². The smallest absolute Gasteiger partial charge is 0.246 e. The number of hydrogen-bond donors (Lipinski definition) is 1. The quantitative estimate of drug-likeness (QED) is 0.734. The summed E-state index contributed by atoms with van der Waals surface area (Å²) in [5.74, 6) is 1.60. The van der Waals surface area contributed by atoms with Crippen LogP contribution >= 0.6 is 0 Å². The van der Waals surface area contributed by atoms with Crippen LogP contribution in [0.2, 0.25) is 0 Å². The first-order chi connectivity index (χ1) is 15.0. The predicted molar refractivity (Wildman–Crippen MR) is 118 cm³/mol. The molecule has 0 spiro atoms. The molecule has 7 nitrogen and oxygen atoms in total. The minimum Gasteiger partial charge on any atom is -0.333 e. The Labute approximate surface area is 184 Å². The van der Waals surface area contributed by atoms with Crippen LogP contribution in [0.3, 0.4) is 0 Å². The number of H-pyrrole nitrogens is 1. The molecule has 0 saturated carbocycles. The van der Waals surface area contributed by atoms with Gasteiger partial charge in [-0.15, -0.1) is 0 Å². The normalized spacial score (nSPS) is 30.9. The van der Waals surface area contributed by atoms with Gasteiger partial charge >= 0.3 is 0 Å². The van der Waals surface area contributed by atoms with Gasteiger partial charge in [0.2, 0.25) is 11.8 Å². The minimum absolute atomic E-state index is 0.149. The largest absolute Gasteiger partial charge is 0.333 e. The summed E-state index contributed by atoms with van der Waals surface area (Å²) in [5.41, 5.74) is 2.28. The van der Waals surface area contributed by atoms with Crippen LogP contribution < -0.4 is 0 Å². The molecule has 0 aliphatic carbocycles. The summed E-state index contributed by atoms with van der Waals surface area (Å²) in [7, 11) is 0. The van der Waals surface area contributed by atoms with Crippen molar-refractivity contribution in [3.63, 3.8) is 0 Å². The highest BCUT2D eigenvalue weighted by molar-refractivity contribution is 5.89. The van der Waals surface area contributed by atoms with E-state index in [1.807, 2.05) is 9.80 Å². The number of likely N-dealkylation sites (tertiary alicyclic amines) is 1. The number of aromatic amines is 1. The highest BCUT2D eigenvalue weighted by atomic mass is 16.2. The third-order valence-corrected chi connectivity index (χ3v) is 7.50. The van der Waals surface area contributed by atoms with E-state index >= 15 is 0 Å². The molecule has 1 N–H and O–H groups in total. The van der Waals surface area contributed by atoms with Crippen molar-refractivity contribution in [1.82, 2.24) is 24.9 Å². The summed E-state index contributed by atoms with van der Waals surface area (Å²) >= 11 is 0. The molecule has 1 aromatic rings. The van der Waals surface area contributed by atoms with Crippen LogP contribution in [-0.2, 0) is 22.6 Å². The second-order valence-electron chi connectivity index (χ2n) is 10.4. The van der Waals surface area contributed by atoms with Gasteiger partial charge in [-0.25, -0.2) is 0 Å². The number of rotatable bonds is 5. The summed E-state index contributed by atoms with van der Waals surface area (Å²) < 4.78 is 0. The van der Waals surface area contributed by atoms with E-state index in [0.717, 1.165) is 56.7 Å². The number of carbonyl (C=O) groups excluding carboxylic acids is 2. The number of carbonyl (C=O) groups is 2. The molecule has 4 atom stereocenters. The number of piperidine rings is 3. The summed E-state index contributed by atoms with van der Waals surface area (Å²) in [5, 5.41) is 7.72. The van der Waals surface area contributed by atoms with E-state index in [1.54, 1.807) is 0 Å². The van der Waals surface area contributed by atoms with Crippen LogP contribution in [0.15, 0.2) is 18.2 Å². The summed E-state index contributed by atoms with van der Waals surface area (Å²) in [6, 6.07) is 2.11. The Bertz CT molecular complexity index is 854. The lowest BCUT2D eigenvalue weighted by Gasteiger charge is -2.56. The fourth-order valence-corrected chi connectivity index (χ4v) is 6.30. The number of nitrogens with zero attached hydrogens (tertiary/aromatic N) is 4. The monoisotopic (exact) mass is 425 g/mol. The molecule has 2 bridgehead atoms. The second-order valence-corrected chi connectivity index (χ2v) is 10.4. The molecule has 5 heterocycles. The molecule has 2 amide bonds. The first-order valence-electron chi connectivity index (χ1n) is 12.0. The van der Waals surface area contributed by atoms with E-state index in [9.17, 15) is 9.59 Å². The fourth-order valence-electron chi connectivity index (χ4n) is 6.30. The van der Waals surface area contributed by atoms with Crippen molar-refractivity contribution in [3.8, 4) is 0 Å². The van der Waals surface area contributed by atoms with Gasteiger partial charge in [-0.2, -0.15) is 5.10 Å². The third kappa shape index (κ3) is 4.04. The zero-order chi connectivity index (χ0) is 21.5. The maximum Gasteiger partial charge on any atom is 0.246 e. The van der Waals surface area contributed by atoms with E-state index in [-0.39, 0.29) is 29.8 Å². The highest BCUT2D eigenvalue weighted by Crippen LogP contribution is 2.42. The SMILES string of the molecule is CC(C)Cc1cc(CN2C[C@H]3C[C@@H](C2)[C@H](C(=O)N2CC=CC2)N2C(=O)CCC[C@@H]32)[nH]n1. The van der Waals surface area contributed by atoms with Gasteiger partial charge in [0.15, 0.2) is 0 Å². The Kier molecular flexibility index (Phi) is 5.63. The molecule has 3 saturated heterocycles. The minimum atomic E-state index is -0.296. The maximum atomic E-state index is 13.5. The number of aromatic nitrogens is 2. The molecule has 7 heteroatoms. The standard InChI is InChI=1S/C24H35N5O2/c1-16(2)10-19-12-20(26-25-19)15-27-13-17-11-18(14-27)23(24(31)28-8-3-4-9-28)29-21(17)6-5-7-22(29)30/h3-4,12,16-18,21,23H,5-11,13-15H2,1-2H3,(H,25,26)/t17-,18+,21+,23-/m1/s1. The first kappa shape index (κ1) is 20.7. The Morgan fingerprint density at radius 3 is 2.77 bits per heavy atom. The maximum absolute atomic E-state index is 13.5. The first-order valence-corrected chi connectivity index (χ1v) is 12.0. The highest BCUT2D eigenvalue weighted by Gasteiger charge is 2.52. The number of fused-ring (bicyclic) bond motifs is 4. The molecule has 0 radical (unpaired) electrons. The Morgan fingerprint density at radius 1 is 1.23 bits per heavy atom. The van der Waals surface area contributed by atoms with Crippen molar-refractivity contribution >= 4 is 11.8 Å². The van der Waals surface area contributed by atoms with Crippen LogP contribution in [0.4, 0.5) is 0 Å². The molecule has 0 aromatic carbocycles. The molecule has 1 aromatic heterocycles. The zero-order valence-electron chi connectivity index (χ0n) is 18.8. The number of hydrogen-bond acceptors (Lipinski definition) is 4. The second kappa shape index (κ2) is 8.41. The molecule has 0 unspecified atom stereocenters. The van der Waals surface area contributed by atoms with E-state index in [1.165, 1.54) is 0 Å². The van der Waals surface area contributed by atoms with Gasteiger partial charge in [-0.3, -0.25) is 19.6 Å². The van der Waals surface area contributed by atoms with Gasteiger partial charge in [0, 0.05) is 56.8 Å². The average Bonchev–Trinajstić information content (AvgIpc) is 3.40. The van der Waals surface area contributed by atoms with Crippen LogP contribution in [0.5, 0.6) is 0 Å². The predicted octanol–water partition coefficient (Wildman–Crippen LogP) is 2.21. The van der Waals surface area contributed by atoms with E-state index < -0.39 is 0 Å². The fraction of sp³-hybridized carbons (Fsp3) is 0.708. The van der Waals surface area contributed by atoms with Gasteiger partial charge in [0.1, 0.15) is 6.04 Å². The van der Waals surface area contributed by atoms with Crippen molar-refractivity contribution in [3.05, 3.63) is 29.6 Å². The Hall–Kier alpha value is -2.15. The topological polar surface area (TPSA) is 72.5 Å². The van der Waals surface area contributed by atoms with Crippen molar-refractivity contribution in [2.75, 3.05) is 26.2 Å². The van der Waals surface area contributed by atoms with Crippen molar-refractivity contribution in [2.45, 2.75) is 64.6 Å². The lowest BCUT2D eigenvalue weighted by Crippen LogP contribution is -2.68. The van der Waals surface area contributed by atoms with Crippen LogP contribution in [-0.4, -0.2) is 75.0 Å². The Balaban J connectivity index is 1.35. The number of amides is 2. The molecular weight excluding hydrogens is 390 g/mol. The lowest BCUT2D eigenvalue weighted by molar-refractivity contribution is -0.164. The molecule has 4 aliphatic heterocycles. The third-order valence-electron chi connectivity index (χ3n) is 7.50. The van der Waals surface area contributed by atoms with Crippen LogP contribution in [0, 0.1) is 17.8 Å². The van der Waals surface area contributed by atoms with Gasteiger partial charge in [-0.1, -0.05) is 26.0 Å². The molecule has 168 valence electrons. The van der Waals surface area contributed by atoms with Crippen LogP contribution in [0.25, 0.3) is 0 Å². The molecule has 4 aliphatic rings. The van der Waals surface area contributed by atoms with Gasteiger partial charge < -0.3 is 9.80 Å². The molecule has 5 rings (SSSR count).